The molecule has 3 rings (SSSR count). The van der Waals surface area contributed by atoms with Crippen LogP contribution in [0.15, 0.2) is 42.6 Å². The molecule has 2 aromatic rings. The van der Waals surface area contributed by atoms with Gasteiger partial charge in [-0.15, -0.1) is 0 Å². The van der Waals surface area contributed by atoms with Crippen LogP contribution in [0.2, 0.25) is 0 Å². The van der Waals surface area contributed by atoms with Crippen molar-refractivity contribution in [2.75, 3.05) is 24.6 Å². The van der Waals surface area contributed by atoms with Crippen molar-refractivity contribution in [2.45, 2.75) is 58.4 Å². The van der Waals surface area contributed by atoms with Gasteiger partial charge in [0.1, 0.15) is 11.6 Å². The van der Waals surface area contributed by atoms with E-state index >= 15 is 0 Å². The molecule has 1 aliphatic rings. The van der Waals surface area contributed by atoms with Crippen LogP contribution in [0.3, 0.4) is 0 Å². The van der Waals surface area contributed by atoms with E-state index in [0.29, 0.717) is 19.6 Å². The van der Waals surface area contributed by atoms with Crippen LogP contribution in [-0.4, -0.2) is 30.6 Å². The molecule has 1 amide bonds. The maximum atomic E-state index is 12.1. The number of benzene rings is 1. The number of hydrogen-bond donors (Lipinski definition) is 1. The third-order valence-electron chi connectivity index (χ3n) is 5.29. The van der Waals surface area contributed by atoms with Crippen LogP contribution in [-0.2, 0) is 11.3 Å². The summed E-state index contributed by atoms with van der Waals surface area (Å²) in [7, 11) is 0. The van der Waals surface area contributed by atoms with Crippen LogP contribution in [0.4, 0.5) is 5.82 Å². The fourth-order valence-electron chi connectivity index (χ4n) is 3.58. The lowest BCUT2D eigenvalue weighted by Gasteiger charge is -2.21. The zero-order valence-corrected chi connectivity index (χ0v) is 17.5. The summed E-state index contributed by atoms with van der Waals surface area (Å²) in [5.74, 6) is 2.03. The first kappa shape index (κ1) is 21.2. The molecule has 0 radical (unpaired) electrons. The van der Waals surface area contributed by atoms with Gasteiger partial charge in [-0.05, 0) is 61.9 Å². The average Bonchev–Trinajstić information content (AvgIpc) is 3.02. The van der Waals surface area contributed by atoms with Gasteiger partial charge in [-0.2, -0.15) is 0 Å². The summed E-state index contributed by atoms with van der Waals surface area (Å²) in [6, 6.07) is 12.2. The number of carbonyl (C=O) groups is 1. The van der Waals surface area contributed by atoms with Gasteiger partial charge in [-0.1, -0.05) is 31.0 Å². The van der Waals surface area contributed by atoms with Crippen LogP contribution < -0.4 is 15.0 Å². The summed E-state index contributed by atoms with van der Waals surface area (Å²) in [5.41, 5.74) is 2.23. The number of anilines is 1. The Kier molecular flexibility index (Phi) is 8.35. The number of aromatic nitrogens is 1. The van der Waals surface area contributed by atoms with Gasteiger partial charge in [0.05, 0.1) is 6.61 Å². The minimum atomic E-state index is 0.0807. The highest BCUT2D eigenvalue weighted by Gasteiger charge is 2.11. The smallest absolute Gasteiger partial charge is 0.220 e. The molecule has 0 atom stereocenters. The van der Waals surface area contributed by atoms with Crippen molar-refractivity contribution >= 4 is 11.7 Å². The van der Waals surface area contributed by atoms with Gasteiger partial charge in [0, 0.05) is 32.3 Å². The van der Waals surface area contributed by atoms with Gasteiger partial charge in [-0.3, -0.25) is 4.79 Å². The summed E-state index contributed by atoms with van der Waals surface area (Å²) in [4.78, 5) is 19.0. The van der Waals surface area contributed by atoms with Crippen molar-refractivity contribution in [1.82, 2.24) is 10.3 Å². The molecule has 0 bridgehead atoms. The molecule has 5 nitrogen and oxygen atoms in total. The van der Waals surface area contributed by atoms with E-state index in [1.807, 2.05) is 24.4 Å². The molecule has 1 aromatic heterocycles. The molecule has 1 fully saturated rings. The maximum Gasteiger partial charge on any atom is 0.220 e. The predicted molar refractivity (Wildman–Crippen MR) is 117 cm³/mol. The van der Waals surface area contributed by atoms with Crippen molar-refractivity contribution in [3.8, 4) is 5.75 Å². The van der Waals surface area contributed by atoms with Gasteiger partial charge in [0.15, 0.2) is 0 Å². The lowest BCUT2D eigenvalue weighted by atomic mass is 10.2. The number of nitrogens with zero attached hydrogens (tertiary/aromatic N) is 2. The largest absolute Gasteiger partial charge is 0.494 e. The lowest BCUT2D eigenvalue weighted by molar-refractivity contribution is -0.121. The molecule has 0 aliphatic carbocycles. The highest BCUT2D eigenvalue weighted by molar-refractivity contribution is 5.75. The van der Waals surface area contributed by atoms with Crippen LogP contribution in [0.5, 0.6) is 5.75 Å². The normalized spacial score (nSPS) is 14.3. The molecule has 0 spiro atoms. The first-order valence-electron chi connectivity index (χ1n) is 10.9. The molecule has 1 aliphatic heterocycles. The van der Waals surface area contributed by atoms with Crippen LogP contribution in [0, 0.1) is 6.92 Å². The second-order valence-corrected chi connectivity index (χ2v) is 7.82. The number of aryl methyl sites for hydroxylation is 1. The third-order valence-corrected chi connectivity index (χ3v) is 5.29. The number of hydrogen-bond acceptors (Lipinski definition) is 4. The summed E-state index contributed by atoms with van der Waals surface area (Å²) in [6.07, 6.45) is 9.23. The number of ether oxygens (including phenoxy) is 1. The van der Waals surface area contributed by atoms with Crippen molar-refractivity contribution in [2.24, 2.45) is 0 Å². The van der Waals surface area contributed by atoms with E-state index in [1.54, 1.807) is 0 Å². The highest BCUT2D eigenvalue weighted by Crippen LogP contribution is 2.17. The monoisotopic (exact) mass is 395 g/mol. The number of unbranched alkanes of at least 4 members (excludes halogenated alkanes) is 1. The molecule has 1 aromatic carbocycles. The number of nitrogens with one attached hydrogen (secondary N) is 1. The quantitative estimate of drug-likeness (QED) is 0.629. The van der Waals surface area contributed by atoms with Gasteiger partial charge >= 0.3 is 0 Å². The molecule has 0 unspecified atom stereocenters. The van der Waals surface area contributed by atoms with Crippen molar-refractivity contribution in [1.29, 1.82) is 0 Å². The second kappa shape index (κ2) is 11.4. The summed E-state index contributed by atoms with van der Waals surface area (Å²) >= 11 is 0. The van der Waals surface area contributed by atoms with Gasteiger partial charge in [0.25, 0.3) is 0 Å². The topological polar surface area (TPSA) is 54.5 Å². The summed E-state index contributed by atoms with van der Waals surface area (Å²) in [6.45, 7) is 5.41. The fraction of sp³-hybridized carbons (Fsp3) is 0.500. The van der Waals surface area contributed by atoms with E-state index in [4.69, 9.17) is 4.74 Å². The van der Waals surface area contributed by atoms with Crippen LogP contribution >= 0.6 is 0 Å². The van der Waals surface area contributed by atoms with Crippen LogP contribution in [0.1, 0.15) is 56.1 Å². The SMILES string of the molecule is Cc1cccc(OCCCCC(=O)NCc2ccc(N3CCCCCC3)nc2)c1. The minimum absolute atomic E-state index is 0.0807. The van der Waals surface area contributed by atoms with E-state index in [9.17, 15) is 4.79 Å². The first-order chi connectivity index (χ1) is 14.2. The van der Waals surface area contributed by atoms with Gasteiger partial charge in [-0.25, -0.2) is 4.98 Å². The lowest BCUT2D eigenvalue weighted by Crippen LogP contribution is -2.25. The molecule has 0 saturated carbocycles. The van der Waals surface area contributed by atoms with Gasteiger partial charge in [0.2, 0.25) is 5.91 Å². The molecule has 2 heterocycles. The van der Waals surface area contributed by atoms with Crippen molar-refractivity contribution in [3.63, 3.8) is 0 Å². The molecule has 5 heteroatoms. The van der Waals surface area contributed by atoms with Crippen LogP contribution in [0.25, 0.3) is 0 Å². The zero-order valence-electron chi connectivity index (χ0n) is 17.5. The van der Waals surface area contributed by atoms with Crippen molar-refractivity contribution < 1.29 is 9.53 Å². The predicted octanol–water partition coefficient (Wildman–Crippen LogP) is 4.64. The molecule has 156 valence electrons. The number of pyridine rings is 1. The summed E-state index contributed by atoms with van der Waals surface area (Å²) in [5, 5.41) is 2.99. The Morgan fingerprint density at radius 1 is 1.10 bits per heavy atom. The molecule has 1 saturated heterocycles. The molecule has 1 N–H and O–H groups in total. The Balaban J connectivity index is 1.30. The maximum absolute atomic E-state index is 12.1. The number of amides is 1. The zero-order chi connectivity index (χ0) is 20.3. The molecule has 29 heavy (non-hydrogen) atoms. The Morgan fingerprint density at radius 3 is 2.66 bits per heavy atom. The first-order valence-corrected chi connectivity index (χ1v) is 10.9. The minimum Gasteiger partial charge on any atom is -0.494 e. The Labute approximate surface area is 174 Å². The van der Waals surface area contributed by atoms with E-state index < -0.39 is 0 Å². The highest BCUT2D eigenvalue weighted by atomic mass is 16.5. The van der Waals surface area contributed by atoms with Gasteiger partial charge < -0.3 is 15.0 Å². The Bertz CT molecular complexity index is 753. The Hall–Kier alpha value is -2.56. The number of rotatable bonds is 9. The van der Waals surface area contributed by atoms with E-state index in [2.05, 4.69) is 40.3 Å². The third kappa shape index (κ3) is 7.41. The van der Waals surface area contributed by atoms with E-state index in [-0.39, 0.29) is 5.91 Å². The molecular weight excluding hydrogens is 362 g/mol. The van der Waals surface area contributed by atoms with E-state index in [1.165, 1.54) is 31.2 Å². The van der Waals surface area contributed by atoms with E-state index in [0.717, 1.165) is 43.1 Å². The average molecular weight is 396 g/mol. The number of carbonyl (C=O) groups excluding carboxylic acids is 1. The standard InChI is InChI=1S/C24H33N3O2/c1-20-9-8-10-22(17-20)29-16-7-4-11-24(28)26-19-21-12-13-23(25-18-21)27-14-5-2-3-6-15-27/h8-10,12-13,17-18H,2-7,11,14-16,19H2,1H3,(H,26,28). The second-order valence-electron chi connectivity index (χ2n) is 7.82. The Morgan fingerprint density at radius 2 is 1.93 bits per heavy atom. The summed E-state index contributed by atoms with van der Waals surface area (Å²) < 4.78 is 5.72. The van der Waals surface area contributed by atoms with Crippen molar-refractivity contribution in [3.05, 3.63) is 53.7 Å². The molecular formula is C24H33N3O2. The fourth-order valence-corrected chi connectivity index (χ4v) is 3.58.